The number of hydrogen-bond donors (Lipinski definition) is 2. The summed E-state index contributed by atoms with van der Waals surface area (Å²) >= 11 is 1.66. The summed E-state index contributed by atoms with van der Waals surface area (Å²) in [7, 11) is 0. The quantitative estimate of drug-likeness (QED) is 0.913. The molecule has 1 aliphatic heterocycles. The molecule has 1 aromatic carbocycles. The molecule has 2 N–H and O–H groups in total. The van der Waals surface area contributed by atoms with Crippen molar-refractivity contribution in [2.45, 2.75) is 32.7 Å². The van der Waals surface area contributed by atoms with Gasteiger partial charge in [0, 0.05) is 28.9 Å². The molecule has 0 unspecified atom stereocenters. The van der Waals surface area contributed by atoms with Gasteiger partial charge in [-0.25, -0.2) is 4.98 Å². The lowest BCUT2D eigenvalue weighted by Crippen LogP contribution is -2.23. The third-order valence-electron chi connectivity index (χ3n) is 3.66. The van der Waals surface area contributed by atoms with Crippen LogP contribution in [0.25, 0.3) is 0 Å². The number of benzene rings is 1. The zero-order valence-electron chi connectivity index (χ0n) is 12.1. The fourth-order valence-electron chi connectivity index (χ4n) is 2.47. The summed E-state index contributed by atoms with van der Waals surface area (Å²) in [4.78, 5) is 17.8. The van der Waals surface area contributed by atoms with Gasteiger partial charge in [0.1, 0.15) is 5.01 Å². The number of fused-ring (bicyclic) bond motifs is 1. The third-order valence-corrected chi connectivity index (χ3v) is 4.80. The van der Waals surface area contributed by atoms with Crippen LogP contribution in [0, 0.1) is 0 Å². The minimum atomic E-state index is -0.0309. The van der Waals surface area contributed by atoms with E-state index in [0.29, 0.717) is 6.54 Å². The topological polar surface area (TPSA) is 54.0 Å². The molecule has 1 aromatic heterocycles. The number of nitrogens with one attached hydrogen (secondary N) is 2. The SMILES string of the molecule is CCc1cnc(CNC(=O)c2ccc3c(c2)CCCN3)s1. The van der Waals surface area contributed by atoms with Gasteiger partial charge in [-0.1, -0.05) is 6.92 Å². The number of nitrogens with zero attached hydrogens (tertiary/aromatic N) is 1. The molecule has 4 nitrogen and oxygen atoms in total. The Hall–Kier alpha value is -1.88. The van der Waals surface area contributed by atoms with Crippen LogP contribution in [-0.4, -0.2) is 17.4 Å². The van der Waals surface area contributed by atoms with Crippen LogP contribution in [0.5, 0.6) is 0 Å². The Labute approximate surface area is 128 Å². The van der Waals surface area contributed by atoms with Crippen molar-refractivity contribution in [3.05, 3.63) is 45.4 Å². The molecular formula is C16H19N3OS. The molecule has 1 amide bonds. The molecule has 0 atom stereocenters. The van der Waals surface area contributed by atoms with E-state index in [0.717, 1.165) is 42.1 Å². The van der Waals surface area contributed by atoms with Crippen LogP contribution in [0.1, 0.15) is 39.2 Å². The first-order valence-corrected chi connectivity index (χ1v) is 8.16. The number of aryl methyl sites for hydroxylation is 2. The van der Waals surface area contributed by atoms with E-state index in [9.17, 15) is 4.79 Å². The Morgan fingerprint density at radius 1 is 1.48 bits per heavy atom. The van der Waals surface area contributed by atoms with E-state index < -0.39 is 0 Å². The molecule has 0 fully saturated rings. The van der Waals surface area contributed by atoms with Crippen molar-refractivity contribution in [3.8, 4) is 0 Å². The van der Waals surface area contributed by atoms with Crippen molar-refractivity contribution in [3.63, 3.8) is 0 Å². The number of carbonyl (C=O) groups excluding carboxylic acids is 1. The summed E-state index contributed by atoms with van der Waals surface area (Å²) in [5, 5.41) is 7.26. The zero-order chi connectivity index (χ0) is 14.7. The van der Waals surface area contributed by atoms with Gasteiger partial charge in [-0.3, -0.25) is 4.79 Å². The molecule has 0 aliphatic carbocycles. The maximum absolute atomic E-state index is 12.2. The zero-order valence-corrected chi connectivity index (χ0v) is 12.9. The summed E-state index contributed by atoms with van der Waals surface area (Å²) in [6.07, 6.45) is 5.03. The first-order chi connectivity index (χ1) is 10.3. The maximum atomic E-state index is 12.2. The molecule has 3 rings (SSSR count). The summed E-state index contributed by atoms with van der Waals surface area (Å²) in [6, 6.07) is 5.88. The average Bonchev–Trinajstić information content (AvgIpc) is 3.00. The lowest BCUT2D eigenvalue weighted by Gasteiger charge is -2.18. The highest BCUT2D eigenvalue weighted by molar-refractivity contribution is 7.11. The normalized spacial score (nSPS) is 13.4. The van der Waals surface area contributed by atoms with E-state index in [1.165, 1.54) is 10.4 Å². The van der Waals surface area contributed by atoms with Crippen molar-refractivity contribution in [2.75, 3.05) is 11.9 Å². The lowest BCUT2D eigenvalue weighted by molar-refractivity contribution is 0.0951. The standard InChI is InChI=1S/C16H19N3OS/c1-2-13-9-18-15(21-13)10-19-16(20)12-5-6-14-11(8-12)4-3-7-17-14/h5-6,8-9,17H,2-4,7,10H2,1H3,(H,19,20). The summed E-state index contributed by atoms with van der Waals surface area (Å²) in [6.45, 7) is 3.62. The molecule has 0 saturated carbocycles. The predicted octanol–water partition coefficient (Wildman–Crippen LogP) is 2.99. The number of rotatable bonds is 4. The number of anilines is 1. The first-order valence-electron chi connectivity index (χ1n) is 7.35. The van der Waals surface area contributed by atoms with Crippen LogP contribution >= 0.6 is 11.3 Å². The van der Waals surface area contributed by atoms with Gasteiger partial charge in [-0.05, 0) is 43.0 Å². The van der Waals surface area contributed by atoms with Crippen LogP contribution in [0.4, 0.5) is 5.69 Å². The minimum Gasteiger partial charge on any atom is -0.385 e. The van der Waals surface area contributed by atoms with E-state index >= 15 is 0 Å². The highest BCUT2D eigenvalue weighted by atomic mass is 32.1. The van der Waals surface area contributed by atoms with E-state index in [-0.39, 0.29) is 5.91 Å². The number of thiazole rings is 1. The van der Waals surface area contributed by atoms with Crippen LogP contribution in [0.15, 0.2) is 24.4 Å². The Bertz CT molecular complexity index is 651. The van der Waals surface area contributed by atoms with E-state index in [4.69, 9.17) is 0 Å². The molecule has 2 heterocycles. The van der Waals surface area contributed by atoms with Crippen LogP contribution < -0.4 is 10.6 Å². The summed E-state index contributed by atoms with van der Waals surface area (Å²) in [5.74, 6) is -0.0309. The molecular weight excluding hydrogens is 282 g/mol. The van der Waals surface area contributed by atoms with Crippen molar-refractivity contribution in [2.24, 2.45) is 0 Å². The Kier molecular flexibility index (Phi) is 4.20. The second kappa shape index (κ2) is 6.26. The molecule has 110 valence electrons. The van der Waals surface area contributed by atoms with Gasteiger partial charge in [0.15, 0.2) is 0 Å². The Balaban J connectivity index is 1.65. The van der Waals surface area contributed by atoms with Crippen molar-refractivity contribution in [1.29, 1.82) is 0 Å². The second-order valence-electron chi connectivity index (χ2n) is 5.16. The Morgan fingerprint density at radius 3 is 3.19 bits per heavy atom. The van der Waals surface area contributed by atoms with E-state index in [1.807, 2.05) is 24.4 Å². The van der Waals surface area contributed by atoms with Gasteiger partial charge in [0.2, 0.25) is 0 Å². The number of aromatic nitrogens is 1. The first kappa shape index (κ1) is 14.1. The lowest BCUT2D eigenvalue weighted by atomic mass is 10.0. The average molecular weight is 301 g/mol. The molecule has 5 heteroatoms. The molecule has 0 radical (unpaired) electrons. The summed E-state index contributed by atoms with van der Waals surface area (Å²) < 4.78 is 0. The van der Waals surface area contributed by atoms with Crippen LogP contribution in [0.2, 0.25) is 0 Å². The predicted molar refractivity (Wildman–Crippen MR) is 85.9 cm³/mol. The molecule has 1 aliphatic rings. The highest BCUT2D eigenvalue weighted by Crippen LogP contribution is 2.23. The maximum Gasteiger partial charge on any atom is 0.251 e. The van der Waals surface area contributed by atoms with Gasteiger partial charge in [0.25, 0.3) is 5.91 Å². The van der Waals surface area contributed by atoms with Gasteiger partial charge in [-0.2, -0.15) is 0 Å². The third kappa shape index (κ3) is 3.24. The van der Waals surface area contributed by atoms with Crippen molar-refractivity contribution in [1.82, 2.24) is 10.3 Å². The van der Waals surface area contributed by atoms with Crippen LogP contribution in [0.3, 0.4) is 0 Å². The highest BCUT2D eigenvalue weighted by Gasteiger charge is 2.12. The van der Waals surface area contributed by atoms with Gasteiger partial charge < -0.3 is 10.6 Å². The van der Waals surface area contributed by atoms with Crippen molar-refractivity contribution >= 4 is 22.9 Å². The number of amides is 1. The molecule has 21 heavy (non-hydrogen) atoms. The van der Waals surface area contributed by atoms with Crippen LogP contribution in [-0.2, 0) is 19.4 Å². The van der Waals surface area contributed by atoms with E-state index in [1.54, 1.807) is 11.3 Å². The molecule has 0 bridgehead atoms. The molecule has 0 spiro atoms. The summed E-state index contributed by atoms with van der Waals surface area (Å²) in [5.41, 5.74) is 3.12. The van der Waals surface area contributed by atoms with E-state index in [2.05, 4.69) is 22.5 Å². The minimum absolute atomic E-state index is 0.0309. The largest absolute Gasteiger partial charge is 0.385 e. The number of hydrogen-bond acceptors (Lipinski definition) is 4. The molecule has 2 aromatic rings. The second-order valence-corrected chi connectivity index (χ2v) is 6.36. The number of carbonyl (C=O) groups is 1. The van der Waals surface area contributed by atoms with Gasteiger partial charge in [-0.15, -0.1) is 11.3 Å². The van der Waals surface area contributed by atoms with Gasteiger partial charge >= 0.3 is 0 Å². The Morgan fingerprint density at radius 2 is 2.38 bits per heavy atom. The smallest absolute Gasteiger partial charge is 0.251 e. The van der Waals surface area contributed by atoms with Crippen molar-refractivity contribution < 1.29 is 4.79 Å². The monoisotopic (exact) mass is 301 g/mol. The van der Waals surface area contributed by atoms with Gasteiger partial charge in [0.05, 0.1) is 6.54 Å². The fraction of sp³-hybridized carbons (Fsp3) is 0.375. The fourth-order valence-corrected chi connectivity index (χ4v) is 3.27. The molecule has 0 saturated heterocycles.